The molecule has 0 spiro atoms. The second-order valence-electron chi connectivity index (χ2n) is 5.11. The maximum atomic E-state index is 12.3. The zero-order valence-electron chi connectivity index (χ0n) is 10.9. The van der Waals surface area contributed by atoms with Gasteiger partial charge in [-0.1, -0.05) is 0 Å². The fourth-order valence-electron chi connectivity index (χ4n) is 2.27. The van der Waals surface area contributed by atoms with Gasteiger partial charge in [-0.2, -0.15) is 0 Å². The Balaban J connectivity index is 2.71. The molecule has 1 rings (SSSR count). The van der Waals surface area contributed by atoms with Gasteiger partial charge in [0.2, 0.25) is 0 Å². The van der Waals surface area contributed by atoms with Crippen molar-refractivity contribution >= 4 is 0 Å². The number of hydrogen-bond acceptors (Lipinski definition) is 3. The van der Waals surface area contributed by atoms with Gasteiger partial charge in [-0.25, -0.2) is 0 Å². The Hall–Kier alpha value is -0.160. The molecule has 95 valence electrons. The van der Waals surface area contributed by atoms with E-state index >= 15 is 0 Å². The molecule has 16 heavy (non-hydrogen) atoms. The van der Waals surface area contributed by atoms with Gasteiger partial charge in [0.05, 0.1) is 18.8 Å². The average molecular weight is 230 g/mol. The molecular weight excluding hydrogens is 206 g/mol. The molecule has 4 nitrogen and oxygen atoms in total. The fraction of sp³-hybridized carbons (Fsp3) is 1.00. The van der Waals surface area contributed by atoms with Gasteiger partial charge >= 0.3 is 0 Å². The van der Waals surface area contributed by atoms with Crippen molar-refractivity contribution in [3.63, 3.8) is 0 Å². The normalized spacial score (nSPS) is 23.8. The minimum atomic E-state index is -0.477. The zero-order chi connectivity index (χ0) is 12.2. The van der Waals surface area contributed by atoms with Gasteiger partial charge in [0.15, 0.2) is 0 Å². The van der Waals surface area contributed by atoms with Crippen molar-refractivity contribution in [3.05, 3.63) is 0 Å². The van der Waals surface area contributed by atoms with Crippen LogP contribution in [0.5, 0.6) is 0 Å². The SMILES string of the molecule is CCOCC1(COCC)CCC(C)(C)N1[O]. The standard InChI is InChI=1S/C12H24NO3/c1-5-15-9-12(10-16-6-2)8-7-11(3,4)13(12)14/h5-10H2,1-4H3. The van der Waals surface area contributed by atoms with Crippen LogP contribution in [-0.4, -0.2) is 42.6 Å². The van der Waals surface area contributed by atoms with Crippen molar-refractivity contribution in [2.75, 3.05) is 26.4 Å². The molecule has 1 radical (unpaired) electrons. The predicted octanol–water partition coefficient (Wildman–Crippen LogP) is 2.02. The predicted molar refractivity (Wildman–Crippen MR) is 61.6 cm³/mol. The highest BCUT2D eigenvalue weighted by atomic mass is 16.5. The average Bonchev–Trinajstić information content (AvgIpc) is 2.48. The fourth-order valence-corrected chi connectivity index (χ4v) is 2.27. The summed E-state index contributed by atoms with van der Waals surface area (Å²) in [6, 6.07) is 0. The van der Waals surface area contributed by atoms with Crippen LogP contribution in [0.3, 0.4) is 0 Å². The van der Waals surface area contributed by atoms with Gasteiger partial charge in [0.1, 0.15) is 0 Å². The molecule has 0 atom stereocenters. The first-order valence-corrected chi connectivity index (χ1v) is 6.11. The minimum absolute atomic E-state index is 0.297. The van der Waals surface area contributed by atoms with Crippen molar-refractivity contribution in [3.8, 4) is 0 Å². The van der Waals surface area contributed by atoms with Crippen LogP contribution >= 0.6 is 0 Å². The summed E-state index contributed by atoms with van der Waals surface area (Å²) in [7, 11) is 0. The maximum Gasteiger partial charge on any atom is 0.0965 e. The Bertz CT molecular complexity index is 210. The number of hydrogen-bond donors (Lipinski definition) is 0. The lowest BCUT2D eigenvalue weighted by atomic mass is 9.98. The van der Waals surface area contributed by atoms with E-state index < -0.39 is 5.54 Å². The molecule has 0 N–H and O–H groups in total. The summed E-state index contributed by atoms with van der Waals surface area (Å²) in [6.07, 6.45) is 1.75. The summed E-state index contributed by atoms with van der Waals surface area (Å²) in [5.41, 5.74) is -0.774. The summed E-state index contributed by atoms with van der Waals surface area (Å²) in [5.74, 6) is 0. The molecule has 0 aromatic rings. The van der Waals surface area contributed by atoms with E-state index in [2.05, 4.69) is 0 Å². The molecule has 0 aromatic carbocycles. The first-order chi connectivity index (χ1) is 7.48. The van der Waals surface area contributed by atoms with Crippen LogP contribution in [0.4, 0.5) is 0 Å². The Morgan fingerprint density at radius 1 is 1.06 bits per heavy atom. The van der Waals surface area contributed by atoms with Crippen LogP contribution in [0, 0.1) is 0 Å². The molecule has 1 saturated heterocycles. The molecule has 0 bridgehead atoms. The molecule has 0 aliphatic carbocycles. The highest BCUT2D eigenvalue weighted by molar-refractivity contribution is 5.01. The van der Waals surface area contributed by atoms with E-state index in [4.69, 9.17) is 9.47 Å². The van der Waals surface area contributed by atoms with Crippen LogP contribution in [0.25, 0.3) is 0 Å². The van der Waals surface area contributed by atoms with Gasteiger partial charge in [-0.3, -0.25) is 0 Å². The van der Waals surface area contributed by atoms with Crippen molar-refractivity contribution in [1.82, 2.24) is 5.06 Å². The van der Waals surface area contributed by atoms with Crippen LogP contribution in [0.15, 0.2) is 0 Å². The second-order valence-corrected chi connectivity index (χ2v) is 5.11. The van der Waals surface area contributed by atoms with E-state index in [0.717, 1.165) is 12.8 Å². The van der Waals surface area contributed by atoms with Gasteiger partial charge in [-0.05, 0) is 40.5 Å². The van der Waals surface area contributed by atoms with Gasteiger partial charge in [0, 0.05) is 18.8 Å². The topological polar surface area (TPSA) is 41.6 Å². The summed E-state index contributed by atoms with van der Waals surface area (Å²) in [5, 5.41) is 13.5. The summed E-state index contributed by atoms with van der Waals surface area (Å²) < 4.78 is 10.9. The molecular formula is C12H24NO3. The Labute approximate surface area is 98.5 Å². The lowest BCUT2D eigenvalue weighted by Crippen LogP contribution is -2.54. The third kappa shape index (κ3) is 2.74. The van der Waals surface area contributed by atoms with Crippen molar-refractivity contribution in [2.24, 2.45) is 0 Å². The van der Waals surface area contributed by atoms with Gasteiger partial charge < -0.3 is 9.47 Å². The first kappa shape index (κ1) is 13.9. The van der Waals surface area contributed by atoms with E-state index in [1.165, 1.54) is 5.06 Å². The Morgan fingerprint density at radius 2 is 1.56 bits per heavy atom. The van der Waals surface area contributed by atoms with Crippen LogP contribution in [0.1, 0.15) is 40.5 Å². The quantitative estimate of drug-likeness (QED) is 0.701. The van der Waals surface area contributed by atoms with Gasteiger partial charge in [0.25, 0.3) is 0 Å². The third-order valence-corrected chi connectivity index (χ3v) is 3.33. The number of ether oxygens (including phenoxy) is 2. The molecule has 1 fully saturated rings. The van der Waals surface area contributed by atoms with Crippen molar-refractivity contribution in [1.29, 1.82) is 0 Å². The molecule has 1 aliphatic rings. The van der Waals surface area contributed by atoms with Crippen molar-refractivity contribution in [2.45, 2.75) is 51.6 Å². The molecule has 0 amide bonds. The molecule has 1 heterocycles. The minimum Gasteiger partial charge on any atom is -0.380 e. The van der Waals surface area contributed by atoms with Crippen LogP contribution in [0.2, 0.25) is 0 Å². The molecule has 0 aromatic heterocycles. The maximum absolute atomic E-state index is 12.3. The van der Waals surface area contributed by atoms with Crippen LogP contribution < -0.4 is 0 Å². The number of rotatable bonds is 6. The lowest BCUT2D eigenvalue weighted by molar-refractivity contribution is -0.272. The first-order valence-electron chi connectivity index (χ1n) is 6.11. The van der Waals surface area contributed by atoms with E-state index in [1.54, 1.807) is 0 Å². The van der Waals surface area contributed by atoms with Crippen molar-refractivity contribution < 1.29 is 14.7 Å². The largest absolute Gasteiger partial charge is 0.380 e. The summed E-state index contributed by atoms with van der Waals surface area (Å²) in [4.78, 5) is 0. The number of nitrogens with zero attached hydrogens (tertiary/aromatic N) is 1. The molecule has 4 heteroatoms. The van der Waals surface area contributed by atoms with Gasteiger partial charge in [-0.15, -0.1) is 10.3 Å². The monoisotopic (exact) mass is 230 g/mol. The summed E-state index contributed by atoms with van der Waals surface area (Å²) in [6.45, 7) is 10.1. The zero-order valence-corrected chi connectivity index (χ0v) is 10.9. The highest BCUT2D eigenvalue weighted by Crippen LogP contribution is 2.40. The Morgan fingerprint density at radius 3 is 1.88 bits per heavy atom. The highest BCUT2D eigenvalue weighted by Gasteiger charge is 2.51. The Kier molecular flexibility index (Phi) is 4.73. The van der Waals surface area contributed by atoms with Crippen LogP contribution in [-0.2, 0) is 14.7 Å². The van der Waals surface area contributed by atoms with E-state index in [9.17, 15) is 5.21 Å². The van der Waals surface area contributed by atoms with E-state index in [1.807, 2.05) is 27.7 Å². The molecule has 1 aliphatic heterocycles. The van der Waals surface area contributed by atoms with E-state index in [-0.39, 0.29) is 5.54 Å². The second kappa shape index (κ2) is 5.45. The molecule has 0 unspecified atom stereocenters. The smallest absolute Gasteiger partial charge is 0.0965 e. The summed E-state index contributed by atoms with van der Waals surface area (Å²) >= 11 is 0. The molecule has 0 saturated carbocycles. The van der Waals surface area contributed by atoms with E-state index in [0.29, 0.717) is 26.4 Å². The number of hydroxylamine groups is 2. The lowest BCUT2D eigenvalue weighted by Gasteiger charge is -2.37. The third-order valence-electron chi connectivity index (χ3n) is 3.33.